The Morgan fingerprint density at radius 3 is 2.60 bits per heavy atom. The minimum Gasteiger partial charge on any atom is -0.466 e. The zero-order valence-corrected chi connectivity index (χ0v) is 18.2. The predicted molar refractivity (Wildman–Crippen MR) is 111 cm³/mol. The molecule has 0 bridgehead atoms. The van der Waals surface area contributed by atoms with Crippen LogP contribution in [0.1, 0.15) is 49.9 Å². The van der Waals surface area contributed by atoms with Crippen molar-refractivity contribution in [3.63, 3.8) is 0 Å². The van der Waals surface area contributed by atoms with Crippen molar-refractivity contribution in [1.82, 2.24) is 24.9 Å². The lowest BCUT2D eigenvalue weighted by atomic mass is 9.97. The molecule has 1 aromatic rings. The largest absolute Gasteiger partial charge is 0.466 e. The zero-order chi connectivity index (χ0) is 21.7. The number of piperidine rings is 2. The van der Waals surface area contributed by atoms with Gasteiger partial charge in [-0.2, -0.15) is 5.10 Å². The molecule has 2 amide bonds. The number of nitrogens with one attached hydrogen (secondary N) is 1. The molecule has 0 spiro atoms. The Kier molecular flexibility index (Phi) is 7.47. The maximum Gasteiger partial charge on any atom is 0.310 e. The average Bonchev–Trinajstić information content (AvgIpc) is 3.20. The molecule has 3 heterocycles. The number of nitrogens with zero attached hydrogens (tertiary/aromatic N) is 4. The van der Waals surface area contributed by atoms with E-state index in [-0.39, 0.29) is 35.8 Å². The van der Waals surface area contributed by atoms with Crippen LogP contribution in [0.25, 0.3) is 0 Å². The summed E-state index contributed by atoms with van der Waals surface area (Å²) in [5.41, 5.74) is 0.560. The Morgan fingerprint density at radius 1 is 1.23 bits per heavy atom. The van der Waals surface area contributed by atoms with Gasteiger partial charge in [0.25, 0.3) is 5.91 Å². The molecule has 0 radical (unpaired) electrons. The van der Waals surface area contributed by atoms with Gasteiger partial charge in [-0.3, -0.25) is 24.0 Å². The van der Waals surface area contributed by atoms with Crippen LogP contribution in [0.4, 0.5) is 0 Å². The summed E-state index contributed by atoms with van der Waals surface area (Å²) in [5, 5.41) is 7.10. The maximum absolute atomic E-state index is 13.0. The SMILES string of the molecule is CCOC(=O)[C@H]1CCCN(C(=O)[C@@H](C)N2CCC(NC(=O)c3cnn(C)c3)CC2)C1. The number of amides is 2. The van der Waals surface area contributed by atoms with Crippen LogP contribution in [-0.2, 0) is 21.4 Å². The third-order valence-electron chi connectivity index (χ3n) is 6.09. The molecular weight excluding hydrogens is 386 g/mol. The van der Waals surface area contributed by atoms with Crippen molar-refractivity contribution in [2.45, 2.75) is 51.6 Å². The lowest BCUT2D eigenvalue weighted by molar-refractivity contribution is -0.152. The Balaban J connectivity index is 1.47. The monoisotopic (exact) mass is 419 g/mol. The predicted octanol–water partition coefficient (Wildman–Crippen LogP) is 0.805. The molecule has 2 aliphatic heterocycles. The number of hydrogen-bond donors (Lipinski definition) is 1. The van der Waals surface area contributed by atoms with Crippen LogP contribution in [0, 0.1) is 5.92 Å². The van der Waals surface area contributed by atoms with Crippen LogP contribution in [0.3, 0.4) is 0 Å². The minimum absolute atomic E-state index is 0.0712. The summed E-state index contributed by atoms with van der Waals surface area (Å²) in [7, 11) is 1.78. The first-order chi connectivity index (χ1) is 14.4. The molecular formula is C21H33N5O4. The van der Waals surface area contributed by atoms with Gasteiger partial charge in [-0.05, 0) is 39.5 Å². The van der Waals surface area contributed by atoms with Crippen molar-refractivity contribution in [2.75, 3.05) is 32.8 Å². The van der Waals surface area contributed by atoms with Crippen LogP contribution < -0.4 is 5.32 Å². The molecule has 0 saturated carbocycles. The van der Waals surface area contributed by atoms with Crippen molar-refractivity contribution >= 4 is 17.8 Å². The van der Waals surface area contributed by atoms with E-state index in [1.54, 1.807) is 31.0 Å². The number of hydrogen-bond acceptors (Lipinski definition) is 6. The molecule has 1 N–H and O–H groups in total. The highest BCUT2D eigenvalue weighted by atomic mass is 16.5. The molecule has 2 aliphatic rings. The molecule has 2 fully saturated rings. The van der Waals surface area contributed by atoms with Gasteiger partial charge in [-0.1, -0.05) is 0 Å². The zero-order valence-electron chi connectivity index (χ0n) is 18.2. The van der Waals surface area contributed by atoms with Crippen LogP contribution in [-0.4, -0.2) is 82.2 Å². The second kappa shape index (κ2) is 10.1. The highest BCUT2D eigenvalue weighted by Gasteiger charge is 2.34. The number of aryl methyl sites for hydroxylation is 1. The van der Waals surface area contributed by atoms with Crippen molar-refractivity contribution < 1.29 is 19.1 Å². The lowest BCUT2D eigenvalue weighted by Gasteiger charge is -2.39. The van der Waals surface area contributed by atoms with E-state index in [2.05, 4.69) is 15.3 Å². The minimum atomic E-state index is -0.235. The lowest BCUT2D eigenvalue weighted by Crippen LogP contribution is -2.54. The van der Waals surface area contributed by atoms with Crippen molar-refractivity contribution in [3.8, 4) is 0 Å². The number of rotatable bonds is 6. The van der Waals surface area contributed by atoms with Gasteiger partial charge in [-0.25, -0.2) is 0 Å². The number of esters is 1. The maximum atomic E-state index is 13.0. The Labute approximate surface area is 177 Å². The highest BCUT2D eigenvalue weighted by molar-refractivity contribution is 5.93. The summed E-state index contributed by atoms with van der Waals surface area (Å²) in [6, 6.07) is -0.139. The van der Waals surface area contributed by atoms with Crippen molar-refractivity contribution in [1.29, 1.82) is 0 Å². The summed E-state index contributed by atoms with van der Waals surface area (Å²) < 4.78 is 6.74. The van der Waals surface area contributed by atoms with Crippen LogP contribution in [0.2, 0.25) is 0 Å². The summed E-state index contributed by atoms with van der Waals surface area (Å²) in [6.45, 7) is 6.74. The first-order valence-electron chi connectivity index (χ1n) is 10.9. The van der Waals surface area contributed by atoms with E-state index in [4.69, 9.17) is 4.74 Å². The van der Waals surface area contributed by atoms with Gasteiger partial charge in [-0.15, -0.1) is 0 Å². The van der Waals surface area contributed by atoms with Gasteiger partial charge in [0.15, 0.2) is 0 Å². The number of carbonyl (C=O) groups excluding carboxylic acids is 3. The standard InChI is InChI=1S/C21H33N5O4/c1-4-30-21(29)16-6-5-9-26(14-16)20(28)15(2)25-10-7-18(8-11-25)23-19(27)17-12-22-24(3)13-17/h12-13,15-16,18H,4-11,14H2,1-3H3,(H,23,27)/t15-,16+/m1/s1. The highest BCUT2D eigenvalue weighted by Crippen LogP contribution is 2.21. The third kappa shape index (κ3) is 5.38. The smallest absolute Gasteiger partial charge is 0.310 e. The van der Waals surface area contributed by atoms with Gasteiger partial charge in [0, 0.05) is 45.5 Å². The normalized spacial score (nSPS) is 21.8. The summed E-state index contributed by atoms with van der Waals surface area (Å²) >= 11 is 0. The molecule has 0 unspecified atom stereocenters. The second-order valence-electron chi connectivity index (χ2n) is 8.24. The van der Waals surface area contributed by atoms with Crippen LogP contribution >= 0.6 is 0 Å². The quantitative estimate of drug-likeness (QED) is 0.686. The first kappa shape index (κ1) is 22.3. The summed E-state index contributed by atoms with van der Waals surface area (Å²) in [6.07, 6.45) is 6.47. The number of likely N-dealkylation sites (tertiary alicyclic amines) is 2. The van der Waals surface area contributed by atoms with E-state index in [0.717, 1.165) is 38.8 Å². The molecule has 30 heavy (non-hydrogen) atoms. The van der Waals surface area contributed by atoms with E-state index >= 15 is 0 Å². The van der Waals surface area contributed by atoms with Gasteiger partial charge in [0.1, 0.15) is 0 Å². The molecule has 3 rings (SSSR count). The fraction of sp³-hybridized carbons (Fsp3) is 0.714. The number of ether oxygens (including phenoxy) is 1. The molecule has 0 aromatic carbocycles. The topological polar surface area (TPSA) is 96.8 Å². The average molecular weight is 420 g/mol. The van der Waals surface area contributed by atoms with E-state index in [1.165, 1.54) is 0 Å². The summed E-state index contributed by atoms with van der Waals surface area (Å²) in [5.74, 6) is -0.457. The Bertz CT molecular complexity index is 756. The molecule has 9 nitrogen and oxygen atoms in total. The van der Waals surface area contributed by atoms with Crippen molar-refractivity contribution in [2.24, 2.45) is 13.0 Å². The van der Waals surface area contributed by atoms with Gasteiger partial charge < -0.3 is 15.0 Å². The third-order valence-corrected chi connectivity index (χ3v) is 6.09. The van der Waals surface area contributed by atoms with E-state index in [1.807, 2.05) is 11.8 Å². The van der Waals surface area contributed by atoms with Gasteiger partial charge >= 0.3 is 5.97 Å². The van der Waals surface area contributed by atoms with Gasteiger partial charge in [0.05, 0.1) is 30.3 Å². The van der Waals surface area contributed by atoms with Crippen LogP contribution in [0.15, 0.2) is 12.4 Å². The molecule has 1 aromatic heterocycles. The van der Waals surface area contributed by atoms with Gasteiger partial charge in [0.2, 0.25) is 5.91 Å². The molecule has 0 aliphatic carbocycles. The Hall–Kier alpha value is -2.42. The second-order valence-corrected chi connectivity index (χ2v) is 8.24. The fourth-order valence-corrected chi connectivity index (χ4v) is 4.29. The first-order valence-corrected chi connectivity index (χ1v) is 10.9. The summed E-state index contributed by atoms with van der Waals surface area (Å²) in [4.78, 5) is 41.4. The number of carbonyl (C=O) groups is 3. The molecule has 2 atom stereocenters. The molecule has 2 saturated heterocycles. The number of aromatic nitrogens is 2. The van der Waals surface area contributed by atoms with Crippen LogP contribution in [0.5, 0.6) is 0 Å². The molecule has 9 heteroatoms. The van der Waals surface area contributed by atoms with E-state index in [9.17, 15) is 14.4 Å². The Morgan fingerprint density at radius 2 is 1.97 bits per heavy atom. The van der Waals surface area contributed by atoms with E-state index < -0.39 is 0 Å². The van der Waals surface area contributed by atoms with Crippen molar-refractivity contribution in [3.05, 3.63) is 18.0 Å². The van der Waals surface area contributed by atoms with E-state index in [0.29, 0.717) is 25.3 Å². The molecule has 166 valence electrons. The fourth-order valence-electron chi connectivity index (χ4n) is 4.29.